The lowest BCUT2D eigenvalue weighted by atomic mass is 9.99. The van der Waals surface area contributed by atoms with Crippen molar-refractivity contribution in [3.8, 4) is 0 Å². The van der Waals surface area contributed by atoms with E-state index in [1.54, 1.807) is 0 Å². The molecule has 0 bridgehead atoms. The summed E-state index contributed by atoms with van der Waals surface area (Å²) in [5, 5.41) is 7.72. The van der Waals surface area contributed by atoms with Gasteiger partial charge in [-0.2, -0.15) is 0 Å². The van der Waals surface area contributed by atoms with Crippen molar-refractivity contribution in [3.05, 3.63) is 108 Å². The standard InChI is InChI=1S/C30H34N2O6S/c1-21(33)37-28-27(36-19-24-15-9-4-10-16-24)26(35-18-23-13-7-3-8-14-23)25(38-29(28)39-30(31)32)20-34-17-22-11-5-2-6-12-22/h2-16,25-29H,17-20H2,1H3,(H3,31,32)/t25-,26-,27+,28+,29-/m1/s1. The molecule has 5 atom stereocenters. The highest BCUT2D eigenvalue weighted by atomic mass is 32.2. The number of amidine groups is 1. The average molecular weight is 551 g/mol. The molecule has 0 aromatic heterocycles. The van der Waals surface area contributed by atoms with Gasteiger partial charge in [0.25, 0.3) is 0 Å². The van der Waals surface area contributed by atoms with Gasteiger partial charge in [0.05, 0.1) is 26.4 Å². The van der Waals surface area contributed by atoms with Gasteiger partial charge >= 0.3 is 5.97 Å². The van der Waals surface area contributed by atoms with Crippen LogP contribution < -0.4 is 5.73 Å². The van der Waals surface area contributed by atoms with Gasteiger partial charge in [-0.3, -0.25) is 10.2 Å². The van der Waals surface area contributed by atoms with Crippen LogP contribution in [-0.2, 0) is 48.3 Å². The molecule has 1 aliphatic heterocycles. The van der Waals surface area contributed by atoms with E-state index in [9.17, 15) is 4.79 Å². The van der Waals surface area contributed by atoms with Crippen LogP contribution in [0.1, 0.15) is 23.6 Å². The Bertz CT molecular complexity index is 1170. The van der Waals surface area contributed by atoms with Crippen LogP contribution >= 0.6 is 11.8 Å². The van der Waals surface area contributed by atoms with E-state index < -0.39 is 35.8 Å². The summed E-state index contributed by atoms with van der Waals surface area (Å²) in [6.07, 6.45) is -2.81. The minimum atomic E-state index is -0.869. The second-order valence-electron chi connectivity index (χ2n) is 9.12. The number of ether oxygens (including phenoxy) is 5. The quantitative estimate of drug-likeness (QED) is 0.190. The molecule has 3 N–H and O–H groups in total. The van der Waals surface area contributed by atoms with Crippen molar-refractivity contribution >= 4 is 22.9 Å². The molecule has 39 heavy (non-hydrogen) atoms. The molecule has 0 radical (unpaired) electrons. The number of hydrogen-bond donors (Lipinski definition) is 2. The third kappa shape index (κ3) is 8.91. The van der Waals surface area contributed by atoms with Crippen molar-refractivity contribution in [2.24, 2.45) is 5.73 Å². The topological polar surface area (TPSA) is 113 Å². The van der Waals surface area contributed by atoms with Crippen LogP contribution in [-0.4, -0.2) is 47.6 Å². The molecule has 0 spiro atoms. The van der Waals surface area contributed by atoms with Gasteiger partial charge in [0.1, 0.15) is 18.3 Å². The van der Waals surface area contributed by atoms with E-state index in [4.69, 9.17) is 34.8 Å². The van der Waals surface area contributed by atoms with Gasteiger partial charge in [0, 0.05) is 6.92 Å². The molecule has 3 aromatic rings. The Kier molecular flexibility index (Phi) is 10.9. The smallest absolute Gasteiger partial charge is 0.303 e. The lowest BCUT2D eigenvalue weighted by Crippen LogP contribution is -2.61. The van der Waals surface area contributed by atoms with Gasteiger partial charge < -0.3 is 29.4 Å². The van der Waals surface area contributed by atoms with Gasteiger partial charge in [-0.15, -0.1) is 0 Å². The molecular weight excluding hydrogens is 516 g/mol. The zero-order valence-corrected chi connectivity index (χ0v) is 22.6. The van der Waals surface area contributed by atoms with E-state index in [1.807, 2.05) is 91.0 Å². The summed E-state index contributed by atoms with van der Waals surface area (Å²) >= 11 is 0.972. The Morgan fingerprint density at radius 1 is 0.795 bits per heavy atom. The van der Waals surface area contributed by atoms with Crippen LogP contribution in [0.2, 0.25) is 0 Å². The van der Waals surface area contributed by atoms with Crippen LogP contribution in [0.5, 0.6) is 0 Å². The SMILES string of the molecule is CC(=O)O[C@H]1[C@@H](OCc2ccccc2)[C@H](OCc2ccccc2)[C@@H](COCc2ccccc2)O[C@@H]1SC(=N)N. The summed E-state index contributed by atoms with van der Waals surface area (Å²) in [5.74, 6) is -0.494. The van der Waals surface area contributed by atoms with E-state index in [-0.39, 0.29) is 18.4 Å². The molecule has 1 fully saturated rings. The molecule has 8 nitrogen and oxygen atoms in total. The maximum atomic E-state index is 12.2. The number of carbonyl (C=O) groups excluding carboxylic acids is 1. The number of rotatable bonds is 12. The predicted octanol–water partition coefficient (Wildman–Crippen LogP) is 4.66. The minimum Gasteiger partial charge on any atom is -0.456 e. The number of carbonyl (C=O) groups is 1. The van der Waals surface area contributed by atoms with Crippen molar-refractivity contribution in [1.82, 2.24) is 0 Å². The maximum Gasteiger partial charge on any atom is 0.303 e. The van der Waals surface area contributed by atoms with Crippen LogP contribution in [0, 0.1) is 5.41 Å². The summed E-state index contributed by atoms with van der Waals surface area (Å²) in [4.78, 5) is 12.2. The zero-order valence-electron chi connectivity index (χ0n) is 21.8. The largest absolute Gasteiger partial charge is 0.456 e. The number of thioether (sulfide) groups is 1. The molecule has 1 saturated heterocycles. The summed E-state index contributed by atoms with van der Waals surface area (Å²) in [6.45, 7) is 2.48. The number of nitrogens with two attached hydrogens (primary N) is 1. The Hall–Kier alpha value is -3.21. The fraction of sp³-hybridized carbons (Fsp3) is 0.333. The molecule has 1 aliphatic rings. The number of hydrogen-bond acceptors (Lipinski definition) is 8. The number of nitrogens with one attached hydrogen (secondary N) is 1. The molecule has 0 unspecified atom stereocenters. The first-order chi connectivity index (χ1) is 19.0. The van der Waals surface area contributed by atoms with Crippen molar-refractivity contribution < 1.29 is 28.5 Å². The van der Waals surface area contributed by atoms with Crippen LogP contribution in [0.25, 0.3) is 0 Å². The van der Waals surface area contributed by atoms with Crippen molar-refractivity contribution in [1.29, 1.82) is 5.41 Å². The first kappa shape index (κ1) is 28.8. The number of benzene rings is 3. The summed E-state index contributed by atoms with van der Waals surface area (Å²) in [5.41, 5.74) is 7.92. The minimum absolute atomic E-state index is 0.161. The highest BCUT2D eigenvalue weighted by molar-refractivity contribution is 8.14. The monoisotopic (exact) mass is 550 g/mol. The molecular formula is C30H34N2O6S. The second kappa shape index (κ2) is 14.8. The van der Waals surface area contributed by atoms with Gasteiger partial charge in [-0.1, -0.05) is 103 Å². The Morgan fingerprint density at radius 3 is 1.77 bits per heavy atom. The fourth-order valence-electron chi connectivity index (χ4n) is 4.34. The van der Waals surface area contributed by atoms with Gasteiger partial charge in [0.15, 0.2) is 16.7 Å². The first-order valence-electron chi connectivity index (χ1n) is 12.8. The Balaban J connectivity index is 1.60. The average Bonchev–Trinajstić information content (AvgIpc) is 2.94. The highest BCUT2D eigenvalue weighted by Crippen LogP contribution is 2.35. The van der Waals surface area contributed by atoms with Gasteiger partial charge in [-0.25, -0.2) is 0 Å². The summed E-state index contributed by atoms with van der Waals surface area (Å²) in [7, 11) is 0. The normalized spacial score (nSPS) is 22.7. The van der Waals surface area contributed by atoms with E-state index in [1.165, 1.54) is 6.92 Å². The maximum absolute atomic E-state index is 12.2. The molecule has 206 valence electrons. The van der Waals surface area contributed by atoms with Crippen molar-refractivity contribution in [3.63, 3.8) is 0 Å². The van der Waals surface area contributed by atoms with E-state index >= 15 is 0 Å². The molecule has 1 heterocycles. The molecule has 0 saturated carbocycles. The molecule has 3 aromatic carbocycles. The molecule has 0 amide bonds. The predicted molar refractivity (Wildman–Crippen MR) is 150 cm³/mol. The summed E-state index contributed by atoms with van der Waals surface area (Å²) < 4.78 is 31.0. The van der Waals surface area contributed by atoms with E-state index in [0.717, 1.165) is 28.5 Å². The fourth-order valence-corrected chi connectivity index (χ4v) is 5.13. The second-order valence-corrected chi connectivity index (χ2v) is 10.3. The summed E-state index contributed by atoms with van der Waals surface area (Å²) in [6, 6.07) is 29.4. The third-order valence-corrected chi connectivity index (χ3v) is 6.97. The molecule has 0 aliphatic carbocycles. The zero-order chi connectivity index (χ0) is 27.5. The Morgan fingerprint density at radius 2 is 1.28 bits per heavy atom. The van der Waals surface area contributed by atoms with Crippen LogP contribution in [0.3, 0.4) is 0 Å². The molecule has 4 rings (SSSR count). The van der Waals surface area contributed by atoms with E-state index in [0.29, 0.717) is 13.2 Å². The van der Waals surface area contributed by atoms with Crippen molar-refractivity contribution in [2.45, 2.75) is 56.6 Å². The lowest BCUT2D eigenvalue weighted by Gasteiger charge is -2.45. The first-order valence-corrected chi connectivity index (χ1v) is 13.6. The van der Waals surface area contributed by atoms with Crippen molar-refractivity contribution in [2.75, 3.05) is 6.61 Å². The lowest BCUT2D eigenvalue weighted by molar-refractivity contribution is -0.249. The van der Waals surface area contributed by atoms with Crippen LogP contribution in [0.4, 0.5) is 0 Å². The third-order valence-electron chi connectivity index (χ3n) is 6.10. The van der Waals surface area contributed by atoms with Crippen LogP contribution in [0.15, 0.2) is 91.0 Å². The highest BCUT2D eigenvalue weighted by Gasteiger charge is 2.50. The number of esters is 1. The van der Waals surface area contributed by atoms with E-state index in [2.05, 4.69) is 0 Å². The van der Waals surface area contributed by atoms with Gasteiger partial charge in [0.2, 0.25) is 0 Å². The molecule has 9 heteroatoms. The van der Waals surface area contributed by atoms with Gasteiger partial charge in [-0.05, 0) is 16.7 Å². The Labute approximate surface area is 233 Å².